The lowest BCUT2D eigenvalue weighted by Gasteiger charge is -2.11. The van der Waals surface area contributed by atoms with Crippen LogP contribution in [0.3, 0.4) is 0 Å². The van der Waals surface area contributed by atoms with E-state index in [2.05, 4.69) is 47.3 Å². The molecule has 1 N–H and O–H groups in total. The smallest absolute Gasteiger partial charge is 0.282 e. The molecule has 0 saturated carbocycles. The Morgan fingerprint density at radius 1 is 1.09 bits per heavy atom. The van der Waals surface area contributed by atoms with Crippen LogP contribution in [0.1, 0.15) is 23.9 Å². The van der Waals surface area contributed by atoms with Gasteiger partial charge < -0.3 is 10.1 Å². The van der Waals surface area contributed by atoms with Crippen LogP contribution >= 0.6 is 31.9 Å². The highest BCUT2D eigenvalue weighted by Crippen LogP contribution is 2.22. The first-order valence-corrected chi connectivity index (χ1v) is 12.5. The molecule has 0 saturated heterocycles. The minimum Gasteiger partial charge on any atom is -0.483 e. The fraction of sp³-hybridized carbons (Fsp3) is 0.154. The number of anilines is 1. The Bertz CT molecular complexity index is 1480. The molecule has 0 radical (unpaired) electrons. The van der Waals surface area contributed by atoms with Crippen LogP contribution in [0.4, 0.5) is 5.69 Å². The molecule has 0 aliphatic rings. The van der Waals surface area contributed by atoms with E-state index in [-0.39, 0.29) is 18.1 Å². The minimum absolute atomic E-state index is 0.179. The molecular formula is C26H22Br2N4O3. The summed E-state index contributed by atoms with van der Waals surface area (Å²) in [5.41, 5.74) is 2.76. The minimum atomic E-state index is -0.284. The van der Waals surface area contributed by atoms with E-state index in [0.717, 1.165) is 14.5 Å². The first-order valence-electron chi connectivity index (χ1n) is 10.9. The number of fused-ring (bicyclic) bond motifs is 1. The maximum Gasteiger partial charge on any atom is 0.282 e. The Balaban J connectivity index is 1.59. The van der Waals surface area contributed by atoms with Crippen molar-refractivity contribution in [3.8, 4) is 5.75 Å². The van der Waals surface area contributed by atoms with Gasteiger partial charge in [0.15, 0.2) is 6.61 Å². The largest absolute Gasteiger partial charge is 0.483 e. The van der Waals surface area contributed by atoms with Gasteiger partial charge in [0.2, 0.25) is 0 Å². The molecule has 0 bridgehead atoms. The zero-order valence-electron chi connectivity index (χ0n) is 19.1. The highest BCUT2D eigenvalue weighted by Gasteiger charge is 2.11. The molecule has 1 heterocycles. The standard InChI is InChI=1S/C26H22Br2N4O3/c1-3-24-31-22-10-6-19(28)13-21(22)26(34)32(24)29-14-17-12-18(27)7-11-23(17)35-15-25(33)30-20-8-4-16(2)5-9-20/h4-14H,3,15H2,1-2H3,(H,30,33). The van der Waals surface area contributed by atoms with Crippen molar-refractivity contribution in [2.24, 2.45) is 5.10 Å². The van der Waals surface area contributed by atoms with E-state index in [9.17, 15) is 9.59 Å². The molecule has 0 fully saturated rings. The molecule has 4 rings (SSSR count). The summed E-state index contributed by atoms with van der Waals surface area (Å²) in [5, 5.41) is 7.70. The lowest BCUT2D eigenvalue weighted by molar-refractivity contribution is -0.118. The highest BCUT2D eigenvalue weighted by atomic mass is 79.9. The number of hydrogen-bond donors (Lipinski definition) is 1. The number of nitrogens with one attached hydrogen (secondary N) is 1. The van der Waals surface area contributed by atoms with Crippen LogP contribution in [0.25, 0.3) is 10.9 Å². The Kier molecular flexibility index (Phi) is 7.77. The van der Waals surface area contributed by atoms with E-state index in [4.69, 9.17) is 4.74 Å². The molecule has 3 aromatic carbocycles. The second kappa shape index (κ2) is 11.0. The van der Waals surface area contributed by atoms with Crippen molar-refractivity contribution in [3.63, 3.8) is 0 Å². The summed E-state index contributed by atoms with van der Waals surface area (Å²) < 4.78 is 8.66. The van der Waals surface area contributed by atoms with Crippen LogP contribution in [0, 0.1) is 6.92 Å². The molecule has 0 aliphatic carbocycles. The molecule has 7 nitrogen and oxygen atoms in total. The van der Waals surface area contributed by atoms with Crippen LogP contribution in [-0.2, 0) is 11.2 Å². The number of carbonyl (C=O) groups is 1. The molecule has 178 valence electrons. The third-order valence-corrected chi connectivity index (χ3v) is 6.16. The molecule has 1 amide bonds. The number of ether oxygens (including phenoxy) is 1. The first-order chi connectivity index (χ1) is 16.8. The van der Waals surface area contributed by atoms with E-state index in [1.165, 1.54) is 10.9 Å². The van der Waals surface area contributed by atoms with Crippen molar-refractivity contribution in [3.05, 3.63) is 96.9 Å². The van der Waals surface area contributed by atoms with Gasteiger partial charge in [-0.15, -0.1) is 0 Å². The van der Waals surface area contributed by atoms with Crippen LogP contribution < -0.4 is 15.6 Å². The van der Waals surface area contributed by atoms with Crippen molar-refractivity contribution in [1.82, 2.24) is 9.66 Å². The maximum absolute atomic E-state index is 13.1. The van der Waals surface area contributed by atoms with Crippen LogP contribution in [0.15, 0.2) is 79.5 Å². The van der Waals surface area contributed by atoms with Crippen molar-refractivity contribution in [2.75, 3.05) is 11.9 Å². The topological polar surface area (TPSA) is 85.6 Å². The van der Waals surface area contributed by atoms with Gasteiger partial charge in [-0.1, -0.05) is 56.5 Å². The third kappa shape index (κ3) is 6.04. The van der Waals surface area contributed by atoms with Crippen molar-refractivity contribution in [2.45, 2.75) is 20.3 Å². The number of nitrogens with zero attached hydrogens (tertiary/aromatic N) is 3. The van der Waals surface area contributed by atoms with Gasteiger partial charge in [0.05, 0.1) is 17.1 Å². The van der Waals surface area contributed by atoms with Gasteiger partial charge in [0, 0.05) is 26.6 Å². The molecular weight excluding hydrogens is 576 g/mol. The molecule has 4 aromatic rings. The van der Waals surface area contributed by atoms with Gasteiger partial charge in [-0.25, -0.2) is 4.98 Å². The number of halogens is 2. The number of benzene rings is 3. The fourth-order valence-corrected chi connectivity index (χ4v) is 4.13. The van der Waals surface area contributed by atoms with E-state index >= 15 is 0 Å². The number of hydrogen-bond acceptors (Lipinski definition) is 5. The van der Waals surface area contributed by atoms with Crippen molar-refractivity contribution >= 4 is 60.6 Å². The Hall–Kier alpha value is -3.30. The third-order valence-electron chi connectivity index (χ3n) is 5.17. The maximum atomic E-state index is 13.1. The van der Waals surface area contributed by atoms with Crippen molar-refractivity contribution < 1.29 is 9.53 Å². The van der Waals surface area contributed by atoms with Crippen LogP contribution in [-0.4, -0.2) is 28.4 Å². The highest BCUT2D eigenvalue weighted by molar-refractivity contribution is 9.10. The summed E-state index contributed by atoms with van der Waals surface area (Å²) in [6, 6.07) is 18.3. The van der Waals surface area contributed by atoms with E-state index in [1.807, 2.05) is 50.2 Å². The zero-order chi connectivity index (χ0) is 24.9. The van der Waals surface area contributed by atoms with E-state index in [1.54, 1.807) is 24.3 Å². The van der Waals surface area contributed by atoms with Crippen molar-refractivity contribution in [1.29, 1.82) is 0 Å². The molecule has 1 aromatic heterocycles. The quantitative estimate of drug-likeness (QED) is 0.277. The zero-order valence-corrected chi connectivity index (χ0v) is 22.3. The Morgan fingerprint density at radius 2 is 1.80 bits per heavy atom. The second-order valence-electron chi connectivity index (χ2n) is 7.79. The number of aryl methyl sites for hydroxylation is 2. The average molecular weight is 598 g/mol. The Labute approximate surface area is 219 Å². The summed E-state index contributed by atoms with van der Waals surface area (Å²) in [6.45, 7) is 3.72. The van der Waals surface area contributed by atoms with Gasteiger partial charge >= 0.3 is 0 Å². The van der Waals surface area contributed by atoms with E-state index < -0.39 is 0 Å². The first kappa shape index (κ1) is 24.8. The van der Waals surface area contributed by atoms with Gasteiger partial charge in [-0.2, -0.15) is 9.78 Å². The normalized spacial score (nSPS) is 11.2. The fourth-order valence-electron chi connectivity index (χ4n) is 3.39. The molecule has 0 aliphatic heterocycles. The van der Waals surface area contributed by atoms with Gasteiger partial charge in [0.25, 0.3) is 11.5 Å². The summed E-state index contributed by atoms with van der Waals surface area (Å²) in [6.07, 6.45) is 2.06. The number of rotatable bonds is 7. The molecule has 0 spiro atoms. The van der Waals surface area contributed by atoms with Gasteiger partial charge in [0.1, 0.15) is 11.6 Å². The predicted octanol–water partition coefficient (Wildman–Crippen LogP) is 5.69. The summed E-state index contributed by atoms with van der Waals surface area (Å²) >= 11 is 6.86. The molecule has 0 unspecified atom stereocenters. The summed E-state index contributed by atoms with van der Waals surface area (Å²) in [4.78, 5) is 30.1. The van der Waals surface area contributed by atoms with Crippen LogP contribution in [0.2, 0.25) is 0 Å². The number of aromatic nitrogens is 2. The second-order valence-corrected chi connectivity index (χ2v) is 9.62. The molecule has 0 atom stereocenters. The summed E-state index contributed by atoms with van der Waals surface area (Å²) in [7, 11) is 0. The number of carbonyl (C=O) groups excluding carboxylic acids is 1. The SMILES string of the molecule is CCc1nc2ccc(Br)cc2c(=O)n1N=Cc1cc(Br)ccc1OCC(=O)Nc1ccc(C)cc1. The molecule has 35 heavy (non-hydrogen) atoms. The van der Waals surface area contributed by atoms with Crippen LogP contribution in [0.5, 0.6) is 5.75 Å². The van der Waals surface area contributed by atoms with Gasteiger partial charge in [-0.05, 0) is 55.5 Å². The van der Waals surface area contributed by atoms with Gasteiger partial charge in [-0.3, -0.25) is 9.59 Å². The average Bonchev–Trinajstić information content (AvgIpc) is 2.84. The predicted molar refractivity (Wildman–Crippen MR) is 146 cm³/mol. The monoisotopic (exact) mass is 596 g/mol. The lowest BCUT2D eigenvalue weighted by Crippen LogP contribution is -2.22. The van der Waals surface area contributed by atoms with E-state index in [0.29, 0.717) is 40.1 Å². The number of amides is 1. The lowest BCUT2D eigenvalue weighted by atomic mass is 10.2. The Morgan fingerprint density at radius 3 is 2.54 bits per heavy atom. The molecule has 9 heteroatoms. The summed E-state index contributed by atoms with van der Waals surface area (Å²) in [5.74, 6) is 0.711.